The normalized spacial score (nSPS) is 16.1. The highest BCUT2D eigenvalue weighted by Crippen LogP contribution is 2.37. The molecule has 0 aromatic heterocycles. The molecule has 1 aromatic carbocycles. The Morgan fingerprint density at radius 2 is 1.38 bits per heavy atom. The fourth-order valence-corrected chi connectivity index (χ4v) is 3.90. The number of carboxylic acids is 1. The standard InChI is InChI=1S/C30H47NO9/c1-10-17(3)14-24(32)38-22-13-12-21(16-23(22)39-25(33)15-18(4)11-2)26(27(31)28(34)35)19(5)20(6)37-29(36)40-30(7,8)9/h12-13,16-20,26-27H,10-11,14-15,31H2,1-9H3,(H,34,35)/t17?,18?,19?,20?,26?,27-/m0/s1. The first-order valence-electron chi connectivity index (χ1n) is 13.9. The first kappa shape index (κ1) is 34.9. The van der Waals surface area contributed by atoms with Crippen LogP contribution in [-0.2, 0) is 23.9 Å². The summed E-state index contributed by atoms with van der Waals surface area (Å²) in [5.74, 6) is -3.51. The third kappa shape index (κ3) is 11.5. The second-order valence-electron chi connectivity index (χ2n) is 11.6. The Hall–Kier alpha value is -3.14. The van der Waals surface area contributed by atoms with E-state index in [0.29, 0.717) is 5.56 Å². The van der Waals surface area contributed by atoms with Gasteiger partial charge in [0.1, 0.15) is 17.7 Å². The average molecular weight is 566 g/mol. The second-order valence-corrected chi connectivity index (χ2v) is 11.6. The van der Waals surface area contributed by atoms with Crippen molar-refractivity contribution in [2.75, 3.05) is 0 Å². The molecule has 0 fully saturated rings. The van der Waals surface area contributed by atoms with Gasteiger partial charge in [0, 0.05) is 24.7 Å². The number of ether oxygens (including phenoxy) is 4. The Labute approximate surface area is 237 Å². The van der Waals surface area contributed by atoms with Gasteiger partial charge in [-0.15, -0.1) is 0 Å². The van der Waals surface area contributed by atoms with Crippen molar-refractivity contribution < 1.29 is 43.2 Å². The van der Waals surface area contributed by atoms with E-state index in [1.807, 2.05) is 27.7 Å². The molecule has 0 spiro atoms. The maximum atomic E-state index is 12.7. The van der Waals surface area contributed by atoms with Gasteiger partial charge in [-0.2, -0.15) is 0 Å². The van der Waals surface area contributed by atoms with E-state index in [1.165, 1.54) is 12.1 Å². The van der Waals surface area contributed by atoms with Crippen molar-refractivity contribution in [1.29, 1.82) is 0 Å². The zero-order valence-corrected chi connectivity index (χ0v) is 25.3. The molecule has 5 unspecified atom stereocenters. The summed E-state index contributed by atoms with van der Waals surface area (Å²) in [6, 6.07) is 3.11. The predicted molar refractivity (Wildman–Crippen MR) is 150 cm³/mol. The number of benzene rings is 1. The number of rotatable bonds is 14. The molecule has 0 heterocycles. The van der Waals surface area contributed by atoms with Crippen LogP contribution in [0.4, 0.5) is 4.79 Å². The van der Waals surface area contributed by atoms with E-state index >= 15 is 0 Å². The van der Waals surface area contributed by atoms with Crippen LogP contribution < -0.4 is 15.2 Å². The number of hydrogen-bond acceptors (Lipinski definition) is 9. The lowest BCUT2D eigenvalue weighted by molar-refractivity contribution is -0.140. The lowest BCUT2D eigenvalue weighted by atomic mass is 9.79. The summed E-state index contributed by atoms with van der Waals surface area (Å²) >= 11 is 0. The molecule has 0 aliphatic rings. The largest absolute Gasteiger partial charge is 0.509 e. The molecule has 0 bridgehead atoms. The van der Waals surface area contributed by atoms with E-state index in [1.54, 1.807) is 40.7 Å². The van der Waals surface area contributed by atoms with Gasteiger partial charge in [0.15, 0.2) is 11.5 Å². The topological polar surface area (TPSA) is 151 Å². The fourth-order valence-electron chi connectivity index (χ4n) is 3.90. The Kier molecular flexibility index (Phi) is 13.6. The number of carbonyl (C=O) groups excluding carboxylic acids is 3. The molecular formula is C30H47NO9. The summed E-state index contributed by atoms with van der Waals surface area (Å²) in [7, 11) is 0. The van der Waals surface area contributed by atoms with Crippen molar-refractivity contribution in [3.8, 4) is 11.5 Å². The molecule has 0 saturated heterocycles. The number of carbonyl (C=O) groups is 4. The Morgan fingerprint density at radius 1 is 0.875 bits per heavy atom. The Bertz CT molecular complexity index is 1020. The number of hydrogen-bond donors (Lipinski definition) is 2. The summed E-state index contributed by atoms with van der Waals surface area (Å²) in [5.41, 5.74) is 5.77. The summed E-state index contributed by atoms with van der Waals surface area (Å²) in [4.78, 5) is 49.5. The smallest absolute Gasteiger partial charge is 0.480 e. The van der Waals surface area contributed by atoms with E-state index in [4.69, 9.17) is 24.7 Å². The van der Waals surface area contributed by atoms with E-state index in [9.17, 15) is 24.3 Å². The van der Waals surface area contributed by atoms with Crippen LogP contribution >= 0.6 is 0 Å². The molecule has 10 nitrogen and oxygen atoms in total. The minimum Gasteiger partial charge on any atom is -0.480 e. The molecule has 3 N–H and O–H groups in total. The number of nitrogens with two attached hydrogens (primary N) is 1. The maximum Gasteiger partial charge on any atom is 0.509 e. The molecule has 0 radical (unpaired) electrons. The van der Waals surface area contributed by atoms with Gasteiger partial charge in [-0.3, -0.25) is 14.4 Å². The van der Waals surface area contributed by atoms with Crippen LogP contribution in [0, 0.1) is 17.8 Å². The quantitative estimate of drug-likeness (QED) is 0.208. The molecule has 10 heteroatoms. The van der Waals surface area contributed by atoms with E-state index in [-0.39, 0.29) is 36.2 Å². The third-order valence-corrected chi connectivity index (χ3v) is 6.87. The number of esters is 2. The van der Waals surface area contributed by atoms with E-state index < -0.39 is 53.6 Å². The molecule has 1 rings (SSSR count). The van der Waals surface area contributed by atoms with Gasteiger partial charge in [-0.25, -0.2) is 4.79 Å². The number of carboxylic acid groups (broad SMARTS) is 1. The fraction of sp³-hybridized carbons (Fsp3) is 0.667. The first-order valence-corrected chi connectivity index (χ1v) is 13.9. The van der Waals surface area contributed by atoms with E-state index in [0.717, 1.165) is 12.8 Å². The summed E-state index contributed by atoms with van der Waals surface area (Å²) in [6.45, 7) is 16.2. The Morgan fingerprint density at radius 3 is 1.82 bits per heavy atom. The van der Waals surface area contributed by atoms with Crippen molar-refractivity contribution >= 4 is 24.1 Å². The minimum atomic E-state index is -1.39. The lowest BCUT2D eigenvalue weighted by Gasteiger charge is -2.32. The van der Waals surface area contributed by atoms with Gasteiger partial charge in [0.2, 0.25) is 0 Å². The SMILES string of the molecule is CCC(C)CC(=O)Oc1ccc(C(C(C)C(C)OC(=O)OC(C)(C)C)[C@H](N)C(=O)O)cc1OC(=O)CC(C)CC. The van der Waals surface area contributed by atoms with Gasteiger partial charge < -0.3 is 29.8 Å². The highest BCUT2D eigenvalue weighted by atomic mass is 16.7. The molecule has 0 aliphatic heterocycles. The second kappa shape index (κ2) is 15.6. The lowest BCUT2D eigenvalue weighted by Crippen LogP contribution is -2.43. The maximum absolute atomic E-state index is 12.7. The minimum absolute atomic E-state index is 0.0150. The van der Waals surface area contributed by atoms with Gasteiger partial charge >= 0.3 is 24.1 Å². The highest BCUT2D eigenvalue weighted by Gasteiger charge is 2.36. The molecule has 0 saturated carbocycles. The van der Waals surface area contributed by atoms with Crippen molar-refractivity contribution in [3.05, 3.63) is 23.8 Å². The molecule has 6 atom stereocenters. The van der Waals surface area contributed by atoms with Crippen LogP contribution in [0.15, 0.2) is 18.2 Å². The van der Waals surface area contributed by atoms with Crippen molar-refractivity contribution in [2.45, 2.75) is 112 Å². The van der Waals surface area contributed by atoms with E-state index in [2.05, 4.69) is 0 Å². The van der Waals surface area contributed by atoms with Gasteiger partial charge in [0.25, 0.3) is 0 Å². The van der Waals surface area contributed by atoms with Crippen molar-refractivity contribution in [2.24, 2.45) is 23.5 Å². The third-order valence-electron chi connectivity index (χ3n) is 6.87. The molecule has 40 heavy (non-hydrogen) atoms. The highest BCUT2D eigenvalue weighted by molar-refractivity contribution is 5.77. The summed E-state index contributed by atoms with van der Waals surface area (Å²) < 4.78 is 21.8. The zero-order chi connectivity index (χ0) is 30.8. The zero-order valence-electron chi connectivity index (χ0n) is 25.3. The van der Waals surface area contributed by atoms with Crippen LogP contribution in [0.5, 0.6) is 11.5 Å². The van der Waals surface area contributed by atoms with Gasteiger partial charge in [0.05, 0.1) is 0 Å². The number of aliphatic carboxylic acids is 1. The monoisotopic (exact) mass is 565 g/mol. The van der Waals surface area contributed by atoms with Crippen LogP contribution in [0.1, 0.15) is 99.5 Å². The molecule has 0 amide bonds. The van der Waals surface area contributed by atoms with Crippen LogP contribution in [0.2, 0.25) is 0 Å². The van der Waals surface area contributed by atoms with Crippen molar-refractivity contribution in [1.82, 2.24) is 0 Å². The molecular weight excluding hydrogens is 518 g/mol. The van der Waals surface area contributed by atoms with Crippen molar-refractivity contribution in [3.63, 3.8) is 0 Å². The molecule has 0 aliphatic carbocycles. The summed E-state index contributed by atoms with van der Waals surface area (Å²) in [6.07, 6.45) is 0.222. The first-order chi connectivity index (χ1) is 18.5. The molecule has 1 aromatic rings. The van der Waals surface area contributed by atoms with Gasteiger partial charge in [-0.1, -0.05) is 53.5 Å². The average Bonchev–Trinajstić information content (AvgIpc) is 2.83. The molecule has 226 valence electrons. The van der Waals surface area contributed by atoms with Crippen LogP contribution in [0.25, 0.3) is 0 Å². The van der Waals surface area contributed by atoms with Crippen LogP contribution in [-0.4, -0.2) is 46.9 Å². The summed E-state index contributed by atoms with van der Waals surface area (Å²) in [5, 5.41) is 9.79. The van der Waals surface area contributed by atoms with Gasteiger partial charge in [-0.05, 0) is 57.2 Å². The van der Waals surface area contributed by atoms with Crippen LogP contribution in [0.3, 0.4) is 0 Å². The predicted octanol–water partition coefficient (Wildman–Crippen LogP) is 5.84. The Balaban J connectivity index is 3.45.